The summed E-state index contributed by atoms with van der Waals surface area (Å²) >= 11 is 0. The summed E-state index contributed by atoms with van der Waals surface area (Å²) < 4.78 is 14.7. The van der Waals surface area contributed by atoms with Gasteiger partial charge in [-0.15, -0.1) is 0 Å². The Bertz CT molecular complexity index is 370. The third-order valence-electron chi connectivity index (χ3n) is 3.12. The predicted molar refractivity (Wildman–Crippen MR) is 66.9 cm³/mol. The van der Waals surface area contributed by atoms with Crippen molar-refractivity contribution in [1.29, 1.82) is 0 Å². The highest BCUT2D eigenvalue weighted by Gasteiger charge is 2.44. The summed E-state index contributed by atoms with van der Waals surface area (Å²) in [4.78, 5) is 11.5. The van der Waals surface area contributed by atoms with Crippen molar-refractivity contribution in [2.75, 3.05) is 20.3 Å². The Kier molecular flexibility index (Phi) is 6.68. The van der Waals surface area contributed by atoms with Crippen molar-refractivity contribution in [2.24, 2.45) is 0 Å². The number of aliphatic hydroxyl groups is 5. The lowest BCUT2D eigenvalue weighted by Crippen LogP contribution is -2.59. The number of hydrogen-bond acceptors (Lipinski definition) is 9. The van der Waals surface area contributed by atoms with Crippen molar-refractivity contribution in [2.45, 2.75) is 36.8 Å². The smallest absolute Gasteiger partial charge is 0.336 e. The summed E-state index contributed by atoms with van der Waals surface area (Å²) in [5.74, 6) is -0.984. The third kappa shape index (κ3) is 4.20. The Morgan fingerprint density at radius 1 is 1.29 bits per heavy atom. The third-order valence-corrected chi connectivity index (χ3v) is 3.12. The zero-order valence-electron chi connectivity index (χ0n) is 11.5. The summed E-state index contributed by atoms with van der Waals surface area (Å²) in [5.41, 5.74) is -0.355. The van der Waals surface area contributed by atoms with Crippen LogP contribution in [0.5, 0.6) is 0 Å². The molecule has 6 atom stereocenters. The van der Waals surface area contributed by atoms with Crippen LogP contribution in [0.2, 0.25) is 0 Å². The number of aliphatic hydroxyl groups excluding tert-OH is 5. The molecule has 21 heavy (non-hydrogen) atoms. The van der Waals surface area contributed by atoms with E-state index in [2.05, 4.69) is 6.58 Å². The molecule has 0 saturated carbocycles. The summed E-state index contributed by atoms with van der Waals surface area (Å²) in [6.07, 6.45) is -8.22. The van der Waals surface area contributed by atoms with Gasteiger partial charge in [-0.25, -0.2) is 4.79 Å². The van der Waals surface area contributed by atoms with Crippen LogP contribution in [0.15, 0.2) is 12.2 Å². The predicted octanol–water partition coefficient (Wildman–Crippen LogP) is -3.11. The minimum absolute atomic E-state index is 0.355. The largest absolute Gasteiger partial charge is 0.459 e. The Morgan fingerprint density at radius 3 is 2.43 bits per heavy atom. The average Bonchev–Trinajstić information content (AvgIpc) is 2.50. The first-order valence-corrected chi connectivity index (χ1v) is 6.20. The van der Waals surface area contributed by atoms with E-state index < -0.39 is 56.0 Å². The summed E-state index contributed by atoms with van der Waals surface area (Å²) in [7, 11) is 1.24. The maximum Gasteiger partial charge on any atom is 0.336 e. The SMILES string of the molecule is C=C(C(=O)OC[C@H]1O[C@H](OC)[C@H](O)[C@@H](O)[C@@H]1O)[C@@H](O)CO. The zero-order chi connectivity index (χ0) is 16.2. The molecular weight excluding hydrogens is 288 g/mol. The van der Waals surface area contributed by atoms with Crippen molar-refractivity contribution in [3.05, 3.63) is 12.2 Å². The quantitative estimate of drug-likeness (QED) is 0.254. The summed E-state index contributed by atoms with van der Waals surface area (Å²) in [6.45, 7) is 2.12. The number of rotatable bonds is 6. The van der Waals surface area contributed by atoms with Gasteiger partial charge in [0.2, 0.25) is 0 Å². The number of ether oxygens (including phenoxy) is 3. The van der Waals surface area contributed by atoms with Gasteiger partial charge in [0.05, 0.1) is 12.2 Å². The van der Waals surface area contributed by atoms with Crippen LogP contribution < -0.4 is 0 Å². The first kappa shape index (κ1) is 18.0. The van der Waals surface area contributed by atoms with Gasteiger partial charge >= 0.3 is 5.97 Å². The minimum atomic E-state index is -1.53. The monoisotopic (exact) mass is 308 g/mol. The fraction of sp³-hybridized carbons (Fsp3) is 0.750. The van der Waals surface area contributed by atoms with E-state index in [9.17, 15) is 25.2 Å². The molecule has 0 aliphatic carbocycles. The molecule has 0 aromatic carbocycles. The topological polar surface area (TPSA) is 146 Å². The molecule has 1 fully saturated rings. The standard InChI is InChI=1S/C12H20O9/c1-5(6(14)3-13)11(18)20-4-7-8(15)9(16)10(17)12(19-2)21-7/h6-10,12-17H,1,3-4H2,2H3/t6-,7+,8+,9-,10+,12-/m0/s1. The fourth-order valence-electron chi connectivity index (χ4n) is 1.75. The van der Waals surface area contributed by atoms with Crippen LogP contribution in [0.1, 0.15) is 0 Å². The van der Waals surface area contributed by atoms with E-state index in [0.29, 0.717) is 0 Å². The minimum Gasteiger partial charge on any atom is -0.459 e. The summed E-state index contributed by atoms with van der Waals surface area (Å²) in [6, 6.07) is 0. The lowest BCUT2D eigenvalue weighted by molar-refractivity contribution is -0.295. The molecule has 1 aliphatic rings. The van der Waals surface area contributed by atoms with Crippen molar-refractivity contribution in [3.8, 4) is 0 Å². The molecule has 0 amide bonds. The second kappa shape index (κ2) is 7.80. The maximum atomic E-state index is 11.5. The molecule has 1 rings (SSSR count). The maximum absolute atomic E-state index is 11.5. The molecule has 0 radical (unpaired) electrons. The van der Waals surface area contributed by atoms with Crippen molar-refractivity contribution in [3.63, 3.8) is 0 Å². The van der Waals surface area contributed by atoms with Crippen molar-refractivity contribution in [1.82, 2.24) is 0 Å². The van der Waals surface area contributed by atoms with E-state index in [4.69, 9.17) is 19.3 Å². The van der Waals surface area contributed by atoms with Gasteiger partial charge in [0.25, 0.3) is 0 Å². The first-order chi connectivity index (χ1) is 9.83. The van der Waals surface area contributed by atoms with Crippen molar-refractivity contribution >= 4 is 5.97 Å². The molecule has 1 aliphatic heterocycles. The number of hydrogen-bond donors (Lipinski definition) is 5. The van der Waals surface area contributed by atoms with Gasteiger partial charge in [-0.05, 0) is 0 Å². The van der Waals surface area contributed by atoms with E-state index in [1.807, 2.05) is 0 Å². The number of carbonyl (C=O) groups excluding carboxylic acids is 1. The van der Waals surface area contributed by atoms with Crippen LogP contribution in [-0.2, 0) is 19.0 Å². The molecule has 0 aromatic rings. The molecule has 9 nitrogen and oxygen atoms in total. The fourth-order valence-corrected chi connectivity index (χ4v) is 1.75. The van der Waals surface area contributed by atoms with Gasteiger partial charge in [0, 0.05) is 7.11 Å². The van der Waals surface area contributed by atoms with Gasteiger partial charge in [0.15, 0.2) is 6.29 Å². The normalized spacial score (nSPS) is 34.3. The molecule has 9 heteroatoms. The molecule has 5 N–H and O–H groups in total. The Balaban J connectivity index is 2.58. The number of carbonyl (C=O) groups is 1. The average molecular weight is 308 g/mol. The van der Waals surface area contributed by atoms with E-state index in [0.717, 1.165) is 0 Å². The number of methoxy groups -OCH3 is 1. The summed E-state index contributed by atoms with van der Waals surface area (Å²) in [5, 5.41) is 46.8. The second-order valence-corrected chi connectivity index (χ2v) is 4.57. The van der Waals surface area contributed by atoms with E-state index in [1.165, 1.54) is 7.11 Å². The second-order valence-electron chi connectivity index (χ2n) is 4.57. The van der Waals surface area contributed by atoms with E-state index in [1.54, 1.807) is 0 Å². The highest BCUT2D eigenvalue weighted by Crippen LogP contribution is 2.22. The van der Waals surface area contributed by atoms with Gasteiger partial charge in [-0.3, -0.25) is 0 Å². The van der Waals surface area contributed by atoms with Gasteiger partial charge in [-0.1, -0.05) is 6.58 Å². The van der Waals surface area contributed by atoms with E-state index >= 15 is 0 Å². The number of esters is 1. The van der Waals surface area contributed by atoms with Crippen LogP contribution in [0.3, 0.4) is 0 Å². The van der Waals surface area contributed by atoms with Crippen LogP contribution in [0.4, 0.5) is 0 Å². The molecule has 0 unspecified atom stereocenters. The highest BCUT2D eigenvalue weighted by molar-refractivity contribution is 5.88. The lowest BCUT2D eigenvalue weighted by atomic mass is 9.99. The van der Waals surface area contributed by atoms with E-state index in [-0.39, 0.29) is 5.57 Å². The Hall–Kier alpha value is -1.07. The van der Waals surface area contributed by atoms with Gasteiger partial charge in [0.1, 0.15) is 37.1 Å². The van der Waals surface area contributed by atoms with Gasteiger partial charge in [-0.2, -0.15) is 0 Å². The van der Waals surface area contributed by atoms with Crippen LogP contribution in [0.25, 0.3) is 0 Å². The molecule has 0 bridgehead atoms. The first-order valence-electron chi connectivity index (χ1n) is 6.20. The van der Waals surface area contributed by atoms with Crippen LogP contribution in [-0.4, -0.2) is 88.6 Å². The lowest BCUT2D eigenvalue weighted by Gasteiger charge is -2.39. The molecule has 0 spiro atoms. The van der Waals surface area contributed by atoms with Crippen LogP contribution >= 0.6 is 0 Å². The molecule has 122 valence electrons. The zero-order valence-corrected chi connectivity index (χ0v) is 11.5. The highest BCUT2D eigenvalue weighted by atomic mass is 16.7. The molecule has 1 heterocycles. The molecule has 1 saturated heterocycles. The van der Waals surface area contributed by atoms with Gasteiger partial charge < -0.3 is 39.7 Å². The molecular formula is C12H20O9. The van der Waals surface area contributed by atoms with Crippen molar-refractivity contribution < 1.29 is 44.5 Å². The Labute approximate surface area is 121 Å². The molecule has 0 aromatic heterocycles. The van der Waals surface area contributed by atoms with Crippen LogP contribution in [0, 0.1) is 0 Å². The Morgan fingerprint density at radius 2 is 1.90 bits per heavy atom.